The number of nitrogens with zero attached hydrogens (tertiary/aromatic N) is 1. The summed E-state index contributed by atoms with van der Waals surface area (Å²) >= 11 is 3.12. The third-order valence-corrected chi connectivity index (χ3v) is 5.23. The SMILES string of the molecule is CCCc1nc(CSC(Cc2ccccc2)C(=O)O)cs1. The van der Waals surface area contributed by atoms with Gasteiger partial charge in [-0.3, -0.25) is 4.79 Å². The Hall–Kier alpha value is -1.33. The molecule has 0 spiro atoms. The van der Waals surface area contributed by atoms with Crippen molar-refractivity contribution in [2.75, 3.05) is 0 Å². The molecule has 0 amide bonds. The lowest BCUT2D eigenvalue weighted by Gasteiger charge is -2.11. The molecule has 0 aliphatic carbocycles. The number of hydrogen-bond donors (Lipinski definition) is 1. The molecular weight excluding hydrogens is 302 g/mol. The van der Waals surface area contributed by atoms with E-state index in [-0.39, 0.29) is 0 Å². The van der Waals surface area contributed by atoms with E-state index in [9.17, 15) is 9.90 Å². The van der Waals surface area contributed by atoms with Crippen molar-refractivity contribution in [2.24, 2.45) is 0 Å². The zero-order chi connectivity index (χ0) is 15.1. The van der Waals surface area contributed by atoms with E-state index in [2.05, 4.69) is 11.9 Å². The van der Waals surface area contributed by atoms with Gasteiger partial charge in [0.15, 0.2) is 0 Å². The van der Waals surface area contributed by atoms with Gasteiger partial charge in [-0.05, 0) is 24.8 Å². The Morgan fingerprint density at radius 2 is 2.14 bits per heavy atom. The third kappa shape index (κ3) is 5.17. The minimum Gasteiger partial charge on any atom is -0.480 e. The molecule has 1 unspecified atom stereocenters. The van der Waals surface area contributed by atoms with Crippen LogP contribution >= 0.6 is 23.1 Å². The van der Waals surface area contributed by atoms with E-state index in [1.165, 1.54) is 11.8 Å². The highest BCUT2D eigenvalue weighted by Crippen LogP contribution is 2.23. The van der Waals surface area contributed by atoms with Crippen molar-refractivity contribution in [3.05, 3.63) is 52.0 Å². The maximum absolute atomic E-state index is 11.4. The van der Waals surface area contributed by atoms with Crippen LogP contribution in [0.3, 0.4) is 0 Å². The monoisotopic (exact) mass is 321 g/mol. The predicted molar refractivity (Wildman–Crippen MR) is 89.0 cm³/mol. The van der Waals surface area contributed by atoms with E-state index in [1.54, 1.807) is 11.3 Å². The maximum Gasteiger partial charge on any atom is 0.316 e. The second-order valence-electron chi connectivity index (χ2n) is 4.81. The maximum atomic E-state index is 11.4. The van der Waals surface area contributed by atoms with E-state index in [0.29, 0.717) is 12.2 Å². The number of hydrogen-bond acceptors (Lipinski definition) is 4. The molecule has 2 rings (SSSR count). The van der Waals surface area contributed by atoms with E-state index in [0.717, 1.165) is 29.1 Å². The molecule has 2 aromatic rings. The van der Waals surface area contributed by atoms with Gasteiger partial charge < -0.3 is 5.11 Å². The molecule has 0 saturated heterocycles. The number of rotatable bonds is 8. The highest BCUT2D eigenvalue weighted by Gasteiger charge is 2.19. The van der Waals surface area contributed by atoms with Crippen molar-refractivity contribution in [2.45, 2.75) is 37.2 Å². The van der Waals surface area contributed by atoms with Crippen molar-refractivity contribution < 1.29 is 9.90 Å². The molecule has 5 heteroatoms. The lowest BCUT2D eigenvalue weighted by molar-refractivity contribution is -0.136. The number of carbonyl (C=O) groups is 1. The molecule has 21 heavy (non-hydrogen) atoms. The molecule has 1 aromatic heterocycles. The summed E-state index contributed by atoms with van der Waals surface area (Å²) in [5, 5.41) is 12.1. The average molecular weight is 321 g/mol. The second-order valence-corrected chi connectivity index (χ2v) is 6.94. The average Bonchev–Trinajstić information content (AvgIpc) is 2.92. The molecule has 0 radical (unpaired) electrons. The van der Waals surface area contributed by atoms with Crippen molar-refractivity contribution in [3.8, 4) is 0 Å². The lowest BCUT2D eigenvalue weighted by atomic mass is 10.1. The normalized spacial score (nSPS) is 12.2. The van der Waals surface area contributed by atoms with Crippen LogP contribution in [0.4, 0.5) is 0 Å². The minimum atomic E-state index is -0.757. The van der Waals surface area contributed by atoms with Gasteiger partial charge in [-0.1, -0.05) is 37.3 Å². The topological polar surface area (TPSA) is 50.2 Å². The molecule has 1 N–H and O–H groups in total. The van der Waals surface area contributed by atoms with Crippen LogP contribution in [0, 0.1) is 0 Å². The number of thioether (sulfide) groups is 1. The van der Waals surface area contributed by atoms with Crippen molar-refractivity contribution in [1.82, 2.24) is 4.98 Å². The van der Waals surface area contributed by atoms with Gasteiger partial charge in [-0.25, -0.2) is 4.98 Å². The van der Waals surface area contributed by atoms with E-state index in [4.69, 9.17) is 0 Å². The van der Waals surface area contributed by atoms with Gasteiger partial charge in [0.25, 0.3) is 0 Å². The molecule has 1 heterocycles. The molecular formula is C16H19NO2S2. The van der Waals surface area contributed by atoms with Crippen LogP contribution in [0.15, 0.2) is 35.7 Å². The molecule has 0 aliphatic heterocycles. The molecule has 0 bridgehead atoms. The first kappa shape index (κ1) is 16.0. The highest BCUT2D eigenvalue weighted by atomic mass is 32.2. The smallest absolute Gasteiger partial charge is 0.316 e. The fraction of sp³-hybridized carbons (Fsp3) is 0.375. The van der Waals surface area contributed by atoms with Gasteiger partial charge in [0.1, 0.15) is 5.25 Å². The Bertz CT molecular complexity index is 569. The van der Waals surface area contributed by atoms with E-state index in [1.807, 2.05) is 35.7 Å². The number of aryl methyl sites for hydroxylation is 1. The summed E-state index contributed by atoms with van der Waals surface area (Å²) in [7, 11) is 0. The predicted octanol–water partition coefficient (Wildman–Crippen LogP) is 4.02. The molecule has 0 aliphatic rings. The van der Waals surface area contributed by atoms with Crippen LogP contribution in [-0.4, -0.2) is 21.3 Å². The summed E-state index contributed by atoms with van der Waals surface area (Å²) in [6.07, 6.45) is 2.64. The first-order chi connectivity index (χ1) is 10.2. The molecule has 1 atom stereocenters. The van der Waals surface area contributed by atoms with Crippen molar-refractivity contribution >= 4 is 29.1 Å². The summed E-state index contributed by atoms with van der Waals surface area (Å²) in [4.78, 5) is 15.9. The molecule has 0 saturated carbocycles. The number of aromatic nitrogens is 1. The zero-order valence-electron chi connectivity index (χ0n) is 12.0. The van der Waals surface area contributed by atoms with Crippen LogP contribution in [0.2, 0.25) is 0 Å². The number of carboxylic acid groups (broad SMARTS) is 1. The van der Waals surface area contributed by atoms with Crippen LogP contribution in [-0.2, 0) is 23.4 Å². The fourth-order valence-electron chi connectivity index (χ4n) is 1.98. The minimum absolute atomic E-state index is 0.427. The fourth-order valence-corrected chi connectivity index (χ4v) is 3.95. The van der Waals surface area contributed by atoms with Crippen LogP contribution < -0.4 is 0 Å². The van der Waals surface area contributed by atoms with Crippen LogP contribution in [0.25, 0.3) is 0 Å². The Morgan fingerprint density at radius 1 is 1.38 bits per heavy atom. The summed E-state index contributed by atoms with van der Waals surface area (Å²) in [6.45, 7) is 2.14. The summed E-state index contributed by atoms with van der Waals surface area (Å²) < 4.78 is 0. The first-order valence-electron chi connectivity index (χ1n) is 7.00. The van der Waals surface area contributed by atoms with Gasteiger partial charge in [-0.15, -0.1) is 23.1 Å². The summed E-state index contributed by atoms with van der Waals surface area (Å²) in [5.41, 5.74) is 2.05. The Balaban J connectivity index is 1.92. The van der Waals surface area contributed by atoms with Gasteiger partial charge in [0.05, 0.1) is 10.7 Å². The Kier molecular flexibility index (Phi) is 6.26. The number of aliphatic carboxylic acids is 1. The number of thiazole rings is 1. The van der Waals surface area contributed by atoms with Crippen molar-refractivity contribution in [1.29, 1.82) is 0 Å². The zero-order valence-corrected chi connectivity index (χ0v) is 13.6. The van der Waals surface area contributed by atoms with E-state index >= 15 is 0 Å². The lowest BCUT2D eigenvalue weighted by Crippen LogP contribution is -2.19. The van der Waals surface area contributed by atoms with Gasteiger partial charge in [0.2, 0.25) is 0 Å². The third-order valence-electron chi connectivity index (χ3n) is 3.03. The number of carboxylic acids is 1. The molecule has 112 valence electrons. The number of benzene rings is 1. The van der Waals surface area contributed by atoms with Gasteiger partial charge >= 0.3 is 5.97 Å². The van der Waals surface area contributed by atoms with E-state index < -0.39 is 11.2 Å². The van der Waals surface area contributed by atoms with Gasteiger partial charge in [0, 0.05) is 11.1 Å². The highest BCUT2D eigenvalue weighted by molar-refractivity contribution is 7.99. The van der Waals surface area contributed by atoms with Crippen molar-refractivity contribution in [3.63, 3.8) is 0 Å². The van der Waals surface area contributed by atoms with Gasteiger partial charge in [-0.2, -0.15) is 0 Å². The Labute approximate surface area is 133 Å². The Morgan fingerprint density at radius 3 is 2.81 bits per heavy atom. The standard InChI is InChI=1S/C16H19NO2S2/c1-2-6-15-17-13(11-21-15)10-20-14(16(18)19)9-12-7-4-3-5-8-12/h3-5,7-8,11,14H,2,6,9-10H2,1H3,(H,18,19). The molecule has 3 nitrogen and oxygen atoms in total. The summed E-state index contributed by atoms with van der Waals surface area (Å²) in [6, 6.07) is 9.76. The molecule has 0 fully saturated rings. The molecule has 1 aromatic carbocycles. The summed E-state index contributed by atoms with van der Waals surface area (Å²) in [5.74, 6) is -0.0998. The first-order valence-corrected chi connectivity index (χ1v) is 8.93. The quantitative estimate of drug-likeness (QED) is 0.797. The van der Waals surface area contributed by atoms with Crippen LogP contribution in [0.5, 0.6) is 0 Å². The van der Waals surface area contributed by atoms with Crippen LogP contribution in [0.1, 0.15) is 29.6 Å². The second kappa shape index (κ2) is 8.20. The largest absolute Gasteiger partial charge is 0.480 e.